The van der Waals surface area contributed by atoms with E-state index in [1.807, 2.05) is 41.2 Å². The van der Waals surface area contributed by atoms with E-state index in [2.05, 4.69) is 15.6 Å². The minimum atomic E-state index is -0.231. The predicted molar refractivity (Wildman–Crippen MR) is 89.6 cm³/mol. The van der Waals surface area contributed by atoms with Crippen LogP contribution in [0.1, 0.15) is 34.9 Å². The fraction of sp³-hybridized carbons (Fsp3) is 0.278. The molecule has 2 aromatic heterocycles. The number of aromatic nitrogens is 3. The van der Waals surface area contributed by atoms with Crippen molar-refractivity contribution in [3.63, 3.8) is 0 Å². The number of carbonyl (C=O) groups is 1. The number of aliphatic hydroxyl groups excluding tert-OH is 1. The predicted octanol–water partition coefficient (Wildman–Crippen LogP) is 2.16. The second-order valence-electron chi connectivity index (χ2n) is 6.22. The van der Waals surface area contributed by atoms with Crippen molar-refractivity contribution in [1.29, 1.82) is 0 Å². The molecular formula is C18H18N4O3. The monoisotopic (exact) mass is 338 g/mol. The fourth-order valence-electron chi connectivity index (χ4n) is 2.96. The Bertz CT molecular complexity index is 865. The van der Waals surface area contributed by atoms with Gasteiger partial charge in [0, 0.05) is 29.4 Å². The Hall–Kier alpha value is -2.93. The smallest absolute Gasteiger partial charge is 0.273 e. The first-order valence-corrected chi connectivity index (χ1v) is 8.20. The highest BCUT2D eigenvalue weighted by Crippen LogP contribution is 2.32. The van der Waals surface area contributed by atoms with Crippen LogP contribution in [-0.4, -0.2) is 32.0 Å². The number of amides is 1. The minimum Gasteiger partial charge on any atom is -0.392 e. The second-order valence-corrected chi connectivity index (χ2v) is 6.22. The highest BCUT2D eigenvalue weighted by atomic mass is 16.5. The van der Waals surface area contributed by atoms with E-state index in [0.717, 1.165) is 24.0 Å². The quantitative estimate of drug-likeness (QED) is 0.744. The normalized spacial score (nSPS) is 19.4. The molecular weight excluding hydrogens is 320 g/mol. The van der Waals surface area contributed by atoms with Crippen molar-refractivity contribution >= 4 is 5.91 Å². The molecule has 25 heavy (non-hydrogen) atoms. The van der Waals surface area contributed by atoms with Gasteiger partial charge in [0.2, 0.25) is 0 Å². The van der Waals surface area contributed by atoms with E-state index in [4.69, 9.17) is 9.63 Å². The van der Waals surface area contributed by atoms with Crippen LogP contribution in [0.4, 0.5) is 0 Å². The second kappa shape index (κ2) is 6.52. The Kier molecular flexibility index (Phi) is 4.07. The molecule has 1 aliphatic rings. The van der Waals surface area contributed by atoms with Crippen LogP contribution >= 0.6 is 0 Å². The molecule has 0 spiro atoms. The summed E-state index contributed by atoms with van der Waals surface area (Å²) < 4.78 is 7.11. The van der Waals surface area contributed by atoms with E-state index in [1.165, 1.54) is 0 Å². The maximum absolute atomic E-state index is 12.3. The Morgan fingerprint density at radius 1 is 1.32 bits per heavy atom. The SMILES string of the molecule is O=C(N[C@H]1C[C@@H](n2cc(CO)cn2)C1)c1cc(-c2ccccc2)on1. The van der Waals surface area contributed by atoms with Gasteiger partial charge in [0.1, 0.15) is 0 Å². The lowest BCUT2D eigenvalue weighted by Crippen LogP contribution is -2.45. The summed E-state index contributed by atoms with van der Waals surface area (Å²) in [7, 11) is 0. The zero-order valence-corrected chi connectivity index (χ0v) is 13.5. The van der Waals surface area contributed by atoms with Gasteiger partial charge in [0.05, 0.1) is 18.8 Å². The number of benzene rings is 1. The van der Waals surface area contributed by atoms with E-state index < -0.39 is 0 Å². The lowest BCUT2D eigenvalue weighted by Gasteiger charge is -2.35. The van der Waals surface area contributed by atoms with Gasteiger partial charge in [-0.25, -0.2) is 0 Å². The number of nitrogens with zero attached hydrogens (tertiary/aromatic N) is 3. The van der Waals surface area contributed by atoms with Gasteiger partial charge < -0.3 is 14.9 Å². The van der Waals surface area contributed by atoms with Crippen molar-refractivity contribution in [2.45, 2.75) is 31.5 Å². The maximum atomic E-state index is 12.3. The summed E-state index contributed by atoms with van der Waals surface area (Å²) in [6.07, 6.45) is 5.11. The van der Waals surface area contributed by atoms with Gasteiger partial charge in [0.15, 0.2) is 11.5 Å². The van der Waals surface area contributed by atoms with E-state index in [0.29, 0.717) is 5.76 Å². The van der Waals surface area contributed by atoms with Crippen LogP contribution in [0.2, 0.25) is 0 Å². The van der Waals surface area contributed by atoms with Crippen molar-refractivity contribution in [3.8, 4) is 11.3 Å². The van der Waals surface area contributed by atoms with E-state index >= 15 is 0 Å². The standard InChI is InChI=1S/C18H18N4O3/c23-11-12-9-19-22(10-12)15-6-14(7-15)20-18(24)16-8-17(25-21-16)13-4-2-1-3-5-13/h1-5,8-10,14-15,23H,6-7,11H2,(H,20,24)/t14-,15+. The van der Waals surface area contributed by atoms with Gasteiger partial charge >= 0.3 is 0 Å². The highest BCUT2D eigenvalue weighted by Gasteiger charge is 2.32. The molecule has 0 radical (unpaired) electrons. The molecule has 1 aliphatic carbocycles. The summed E-state index contributed by atoms with van der Waals surface area (Å²) in [5.41, 5.74) is 1.96. The third-order valence-corrected chi connectivity index (χ3v) is 4.46. The molecule has 0 saturated heterocycles. The van der Waals surface area contributed by atoms with Crippen LogP contribution in [0.3, 0.4) is 0 Å². The van der Waals surface area contributed by atoms with Gasteiger partial charge in [-0.05, 0) is 12.8 Å². The topological polar surface area (TPSA) is 93.2 Å². The van der Waals surface area contributed by atoms with Gasteiger partial charge in [-0.3, -0.25) is 9.48 Å². The summed E-state index contributed by atoms with van der Waals surface area (Å²) in [6.45, 7) is -0.0111. The third kappa shape index (κ3) is 3.18. The number of carbonyl (C=O) groups excluding carboxylic acids is 1. The molecule has 1 amide bonds. The van der Waals surface area contributed by atoms with Gasteiger partial charge in [-0.1, -0.05) is 35.5 Å². The molecule has 2 N–H and O–H groups in total. The van der Waals surface area contributed by atoms with Crippen molar-refractivity contribution in [2.75, 3.05) is 0 Å². The van der Waals surface area contributed by atoms with Crippen molar-refractivity contribution in [3.05, 3.63) is 60.0 Å². The Morgan fingerprint density at radius 3 is 2.84 bits per heavy atom. The summed E-state index contributed by atoms with van der Waals surface area (Å²) in [4.78, 5) is 12.3. The first kappa shape index (κ1) is 15.6. The molecule has 128 valence electrons. The molecule has 7 nitrogen and oxygen atoms in total. The average Bonchev–Trinajstić information content (AvgIpc) is 3.27. The van der Waals surface area contributed by atoms with Crippen LogP contribution in [0.15, 0.2) is 53.3 Å². The summed E-state index contributed by atoms with van der Waals surface area (Å²) in [5, 5.41) is 20.1. The Morgan fingerprint density at radius 2 is 2.12 bits per heavy atom. The zero-order chi connectivity index (χ0) is 17.2. The highest BCUT2D eigenvalue weighted by molar-refractivity contribution is 5.93. The fourth-order valence-corrected chi connectivity index (χ4v) is 2.96. The first-order valence-electron chi connectivity index (χ1n) is 8.20. The van der Waals surface area contributed by atoms with Crippen molar-refractivity contribution in [1.82, 2.24) is 20.3 Å². The van der Waals surface area contributed by atoms with Crippen molar-refractivity contribution < 1.29 is 14.4 Å². The number of rotatable bonds is 5. The van der Waals surface area contributed by atoms with Gasteiger partial charge in [-0.15, -0.1) is 0 Å². The van der Waals surface area contributed by atoms with E-state index in [9.17, 15) is 4.79 Å². The van der Waals surface area contributed by atoms with Crippen LogP contribution in [-0.2, 0) is 6.61 Å². The minimum absolute atomic E-state index is 0.0111. The number of aliphatic hydroxyl groups is 1. The average molecular weight is 338 g/mol. The molecule has 2 heterocycles. The molecule has 0 atom stereocenters. The summed E-state index contributed by atoms with van der Waals surface area (Å²) in [5.74, 6) is 0.344. The van der Waals surface area contributed by atoms with E-state index in [-0.39, 0.29) is 30.3 Å². The van der Waals surface area contributed by atoms with Gasteiger partial charge in [-0.2, -0.15) is 5.10 Å². The maximum Gasteiger partial charge on any atom is 0.273 e. The molecule has 4 rings (SSSR count). The Labute approximate surface area is 144 Å². The number of nitrogens with one attached hydrogen (secondary N) is 1. The molecule has 1 saturated carbocycles. The van der Waals surface area contributed by atoms with Crippen LogP contribution in [0, 0.1) is 0 Å². The number of hydrogen-bond donors (Lipinski definition) is 2. The van der Waals surface area contributed by atoms with Gasteiger partial charge in [0.25, 0.3) is 5.91 Å². The van der Waals surface area contributed by atoms with Crippen LogP contribution in [0.5, 0.6) is 0 Å². The molecule has 0 aliphatic heterocycles. The molecule has 1 fully saturated rings. The summed E-state index contributed by atoms with van der Waals surface area (Å²) >= 11 is 0. The van der Waals surface area contributed by atoms with E-state index in [1.54, 1.807) is 12.3 Å². The largest absolute Gasteiger partial charge is 0.392 e. The lowest BCUT2D eigenvalue weighted by atomic mass is 9.87. The number of hydrogen-bond acceptors (Lipinski definition) is 5. The Balaban J connectivity index is 1.34. The zero-order valence-electron chi connectivity index (χ0n) is 13.5. The summed E-state index contributed by atoms with van der Waals surface area (Å²) in [6, 6.07) is 11.5. The molecule has 3 aromatic rings. The molecule has 0 unspecified atom stereocenters. The molecule has 7 heteroatoms. The van der Waals surface area contributed by atoms with Crippen molar-refractivity contribution in [2.24, 2.45) is 0 Å². The third-order valence-electron chi connectivity index (χ3n) is 4.46. The molecule has 0 bridgehead atoms. The van der Waals surface area contributed by atoms with Crippen LogP contribution in [0.25, 0.3) is 11.3 Å². The molecule has 1 aromatic carbocycles. The first-order chi connectivity index (χ1) is 12.2. The van der Waals surface area contributed by atoms with Crippen LogP contribution < -0.4 is 5.32 Å². The lowest BCUT2D eigenvalue weighted by molar-refractivity contribution is 0.0879.